The summed E-state index contributed by atoms with van der Waals surface area (Å²) in [5, 5.41) is 0.998. The maximum Gasteiger partial charge on any atom is 0.241 e. The van der Waals surface area contributed by atoms with Gasteiger partial charge in [0.05, 0.1) is 10.9 Å². The van der Waals surface area contributed by atoms with Crippen LogP contribution in [-0.4, -0.2) is 31.8 Å². The molecule has 0 radical (unpaired) electrons. The molecule has 2 rings (SSSR count). The molecule has 140 valence electrons. The highest BCUT2D eigenvalue weighted by Crippen LogP contribution is 2.18. The molecule has 0 bridgehead atoms. The summed E-state index contributed by atoms with van der Waals surface area (Å²) in [6.45, 7) is 4.08. The molecule has 0 aliphatic heterocycles. The predicted octanol–water partition coefficient (Wildman–Crippen LogP) is 3.71. The summed E-state index contributed by atoms with van der Waals surface area (Å²) >= 11 is 11.9. The first-order valence-corrected chi connectivity index (χ1v) is 10.3. The zero-order valence-corrected chi connectivity index (χ0v) is 16.8. The molecular weight excluding hydrogens is 395 g/mol. The Morgan fingerprint density at radius 3 is 2.31 bits per heavy atom. The Kier molecular flexibility index (Phi) is 7.06. The van der Waals surface area contributed by atoms with E-state index in [2.05, 4.69) is 4.72 Å². The molecule has 0 fully saturated rings. The van der Waals surface area contributed by atoms with Crippen LogP contribution in [0.25, 0.3) is 0 Å². The topological polar surface area (TPSA) is 66.5 Å². The molecule has 0 aliphatic rings. The first-order chi connectivity index (χ1) is 12.2. The average molecular weight is 415 g/mol. The van der Waals surface area contributed by atoms with Gasteiger partial charge in [0.25, 0.3) is 0 Å². The van der Waals surface area contributed by atoms with Gasteiger partial charge in [0, 0.05) is 23.1 Å². The third-order valence-corrected chi connectivity index (χ3v) is 6.02. The Balaban J connectivity index is 2.11. The number of likely N-dealkylation sites (N-methyl/N-ethyl adjacent to an activating group) is 1. The summed E-state index contributed by atoms with van der Waals surface area (Å²) in [7, 11) is -3.83. The van der Waals surface area contributed by atoms with E-state index >= 15 is 0 Å². The Morgan fingerprint density at radius 1 is 1.12 bits per heavy atom. The minimum absolute atomic E-state index is 0.0516. The van der Waals surface area contributed by atoms with Crippen LogP contribution in [-0.2, 0) is 21.4 Å². The van der Waals surface area contributed by atoms with E-state index in [0.717, 1.165) is 5.56 Å². The van der Waals surface area contributed by atoms with E-state index in [0.29, 0.717) is 23.1 Å². The van der Waals surface area contributed by atoms with Crippen molar-refractivity contribution in [1.29, 1.82) is 0 Å². The zero-order chi connectivity index (χ0) is 19.3. The van der Waals surface area contributed by atoms with Gasteiger partial charge < -0.3 is 4.90 Å². The SMILES string of the molecule is CCN(Cc1ccccc1Cl)C(=O)[C@H](C)NS(=O)(=O)c1ccc(Cl)cc1. The average Bonchev–Trinajstić information content (AvgIpc) is 2.60. The van der Waals surface area contributed by atoms with E-state index in [1.165, 1.54) is 31.2 Å². The number of carbonyl (C=O) groups is 1. The van der Waals surface area contributed by atoms with Gasteiger partial charge in [-0.05, 0) is 49.7 Å². The minimum Gasteiger partial charge on any atom is -0.337 e. The molecule has 0 spiro atoms. The monoisotopic (exact) mass is 414 g/mol. The molecule has 1 N–H and O–H groups in total. The van der Waals surface area contributed by atoms with E-state index in [-0.39, 0.29) is 10.8 Å². The third-order valence-electron chi connectivity index (χ3n) is 3.84. The van der Waals surface area contributed by atoms with Crippen molar-refractivity contribution in [1.82, 2.24) is 9.62 Å². The summed E-state index contributed by atoms with van der Waals surface area (Å²) in [5.41, 5.74) is 0.803. The summed E-state index contributed by atoms with van der Waals surface area (Å²) in [6.07, 6.45) is 0. The van der Waals surface area contributed by atoms with Gasteiger partial charge in [-0.1, -0.05) is 41.4 Å². The lowest BCUT2D eigenvalue weighted by Gasteiger charge is -2.25. The quantitative estimate of drug-likeness (QED) is 0.750. The lowest BCUT2D eigenvalue weighted by atomic mass is 10.2. The van der Waals surface area contributed by atoms with Crippen molar-refractivity contribution in [3.05, 3.63) is 64.1 Å². The van der Waals surface area contributed by atoms with E-state index in [1.54, 1.807) is 11.0 Å². The lowest BCUT2D eigenvalue weighted by Crippen LogP contribution is -2.46. The molecule has 0 heterocycles. The van der Waals surface area contributed by atoms with Crippen LogP contribution in [0.15, 0.2) is 53.4 Å². The van der Waals surface area contributed by atoms with Gasteiger partial charge in [-0.2, -0.15) is 4.72 Å². The van der Waals surface area contributed by atoms with E-state index in [9.17, 15) is 13.2 Å². The van der Waals surface area contributed by atoms with Crippen LogP contribution in [0.3, 0.4) is 0 Å². The third kappa shape index (κ3) is 5.20. The fourth-order valence-electron chi connectivity index (χ4n) is 2.42. The number of nitrogens with one attached hydrogen (secondary N) is 1. The largest absolute Gasteiger partial charge is 0.337 e. The van der Waals surface area contributed by atoms with E-state index in [1.807, 2.05) is 25.1 Å². The maximum absolute atomic E-state index is 12.7. The Hall–Kier alpha value is -1.60. The molecule has 2 aromatic rings. The van der Waals surface area contributed by atoms with Crippen LogP contribution in [0, 0.1) is 0 Å². The summed E-state index contributed by atoms with van der Waals surface area (Å²) in [6, 6.07) is 12.1. The number of benzene rings is 2. The van der Waals surface area contributed by atoms with Gasteiger partial charge in [0.15, 0.2) is 0 Å². The molecule has 1 atom stereocenters. The molecule has 2 aromatic carbocycles. The fourth-order valence-corrected chi connectivity index (χ4v) is 3.93. The van der Waals surface area contributed by atoms with Gasteiger partial charge in [0.1, 0.15) is 0 Å². The summed E-state index contributed by atoms with van der Waals surface area (Å²) < 4.78 is 27.3. The van der Waals surface area contributed by atoms with Crippen molar-refractivity contribution in [3.8, 4) is 0 Å². The molecule has 0 saturated carbocycles. The lowest BCUT2D eigenvalue weighted by molar-refractivity contribution is -0.133. The van der Waals surface area contributed by atoms with Gasteiger partial charge in [-0.3, -0.25) is 4.79 Å². The highest BCUT2D eigenvalue weighted by Gasteiger charge is 2.25. The number of nitrogens with zero attached hydrogens (tertiary/aromatic N) is 1. The smallest absolute Gasteiger partial charge is 0.241 e. The second kappa shape index (κ2) is 8.86. The highest BCUT2D eigenvalue weighted by molar-refractivity contribution is 7.89. The van der Waals surface area contributed by atoms with E-state index in [4.69, 9.17) is 23.2 Å². The molecule has 0 aromatic heterocycles. The molecule has 0 unspecified atom stereocenters. The first-order valence-electron chi connectivity index (χ1n) is 8.04. The van der Waals surface area contributed by atoms with Gasteiger partial charge >= 0.3 is 0 Å². The number of carbonyl (C=O) groups excluding carboxylic acids is 1. The second-order valence-electron chi connectivity index (χ2n) is 5.74. The van der Waals surface area contributed by atoms with Crippen molar-refractivity contribution in [3.63, 3.8) is 0 Å². The van der Waals surface area contributed by atoms with Crippen molar-refractivity contribution < 1.29 is 13.2 Å². The molecular formula is C18H20Cl2N2O3S. The maximum atomic E-state index is 12.7. The highest BCUT2D eigenvalue weighted by atomic mass is 35.5. The minimum atomic E-state index is -3.83. The Bertz CT molecular complexity index is 870. The Morgan fingerprint density at radius 2 is 1.73 bits per heavy atom. The normalized spacial score (nSPS) is 12.6. The number of amides is 1. The van der Waals surface area contributed by atoms with Crippen molar-refractivity contribution in [2.45, 2.75) is 31.3 Å². The number of hydrogen-bond acceptors (Lipinski definition) is 3. The van der Waals surface area contributed by atoms with E-state index < -0.39 is 16.1 Å². The van der Waals surface area contributed by atoms with Crippen LogP contribution in [0.1, 0.15) is 19.4 Å². The van der Waals surface area contributed by atoms with Crippen molar-refractivity contribution in [2.75, 3.05) is 6.54 Å². The number of sulfonamides is 1. The van der Waals surface area contributed by atoms with Crippen LogP contribution >= 0.6 is 23.2 Å². The molecule has 26 heavy (non-hydrogen) atoms. The van der Waals surface area contributed by atoms with Crippen LogP contribution < -0.4 is 4.72 Å². The zero-order valence-electron chi connectivity index (χ0n) is 14.4. The molecule has 0 saturated heterocycles. The predicted molar refractivity (Wildman–Crippen MR) is 104 cm³/mol. The number of halogens is 2. The molecule has 5 nitrogen and oxygen atoms in total. The van der Waals surface area contributed by atoms with Gasteiger partial charge in [-0.15, -0.1) is 0 Å². The van der Waals surface area contributed by atoms with Gasteiger partial charge in [-0.25, -0.2) is 8.42 Å². The van der Waals surface area contributed by atoms with Crippen LogP contribution in [0.5, 0.6) is 0 Å². The van der Waals surface area contributed by atoms with Crippen molar-refractivity contribution >= 4 is 39.1 Å². The van der Waals surface area contributed by atoms with Crippen LogP contribution in [0.2, 0.25) is 10.0 Å². The number of rotatable bonds is 7. The second-order valence-corrected chi connectivity index (χ2v) is 8.30. The molecule has 0 aliphatic carbocycles. The number of hydrogen-bond donors (Lipinski definition) is 1. The fraction of sp³-hybridized carbons (Fsp3) is 0.278. The molecule has 8 heteroatoms. The Labute approximate surface area is 164 Å². The van der Waals surface area contributed by atoms with Gasteiger partial charge in [0.2, 0.25) is 15.9 Å². The molecule has 1 amide bonds. The first kappa shape index (κ1) is 20.7. The van der Waals surface area contributed by atoms with Crippen LogP contribution in [0.4, 0.5) is 0 Å². The standard InChI is InChI=1S/C18H20Cl2N2O3S/c1-3-22(12-14-6-4-5-7-17(14)20)18(23)13(2)21-26(24,25)16-10-8-15(19)9-11-16/h4-11,13,21H,3,12H2,1-2H3/t13-/m0/s1. The van der Waals surface area contributed by atoms with Crippen molar-refractivity contribution in [2.24, 2.45) is 0 Å². The summed E-state index contributed by atoms with van der Waals surface area (Å²) in [4.78, 5) is 14.3. The summed E-state index contributed by atoms with van der Waals surface area (Å²) in [5.74, 6) is -0.329.